The first-order chi connectivity index (χ1) is 15.5. The highest BCUT2D eigenvalue weighted by Crippen LogP contribution is 2.32. The summed E-state index contributed by atoms with van der Waals surface area (Å²) in [5.41, 5.74) is 3.67. The number of Topliss-reactive ketones (excluding diaryl/α,β-unsaturated/α-hetero) is 1. The largest absolute Gasteiger partial charge is 0.485 e. The van der Waals surface area contributed by atoms with Crippen LogP contribution < -0.4 is 4.74 Å². The van der Waals surface area contributed by atoms with E-state index in [1.165, 1.54) is 0 Å². The first kappa shape index (κ1) is 21.8. The minimum atomic E-state index is -0.382. The topological polar surface area (TPSA) is 57.5 Å². The summed E-state index contributed by atoms with van der Waals surface area (Å²) in [6.07, 6.45) is 0. The van der Waals surface area contributed by atoms with Crippen LogP contribution in [0.25, 0.3) is 16.6 Å². The van der Waals surface area contributed by atoms with Gasteiger partial charge in [0.1, 0.15) is 5.75 Å². The Morgan fingerprint density at radius 2 is 1.69 bits per heavy atom. The number of para-hydroxylation sites is 1. The molecular weight excluding hydrogens is 470 g/mol. The SMILES string of the molecule is CCOC(=O)c1c(C)n(-c2ccccc2)c2ccc(OCC(=O)c3ccc(Br)cc3)cc12. The second-order valence-corrected chi connectivity index (χ2v) is 8.17. The lowest BCUT2D eigenvalue weighted by Crippen LogP contribution is -2.11. The number of aromatic nitrogens is 1. The van der Waals surface area contributed by atoms with E-state index in [4.69, 9.17) is 9.47 Å². The number of halogens is 1. The number of hydrogen-bond acceptors (Lipinski definition) is 4. The van der Waals surface area contributed by atoms with E-state index in [1.54, 1.807) is 25.1 Å². The van der Waals surface area contributed by atoms with Crippen molar-refractivity contribution in [1.29, 1.82) is 0 Å². The van der Waals surface area contributed by atoms with Crippen LogP contribution in [0.1, 0.15) is 33.3 Å². The maximum atomic E-state index is 12.8. The maximum absolute atomic E-state index is 12.8. The molecule has 0 aliphatic rings. The van der Waals surface area contributed by atoms with Crippen LogP contribution in [0.2, 0.25) is 0 Å². The molecule has 0 fully saturated rings. The third kappa shape index (κ3) is 4.32. The summed E-state index contributed by atoms with van der Waals surface area (Å²) in [4.78, 5) is 25.3. The molecule has 0 N–H and O–H groups in total. The normalized spacial score (nSPS) is 10.8. The van der Waals surface area contributed by atoms with Crippen LogP contribution >= 0.6 is 15.9 Å². The van der Waals surface area contributed by atoms with Crippen molar-refractivity contribution in [2.75, 3.05) is 13.2 Å². The Morgan fingerprint density at radius 3 is 2.38 bits per heavy atom. The Balaban J connectivity index is 1.70. The van der Waals surface area contributed by atoms with E-state index in [-0.39, 0.29) is 25.0 Å². The summed E-state index contributed by atoms with van der Waals surface area (Å²) in [6.45, 7) is 3.87. The Bertz CT molecular complexity index is 1280. The molecule has 0 saturated carbocycles. The van der Waals surface area contributed by atoms with Crippen LogP contribution in [0, 0.1) is 6.92 Å². The van der Waals surface area contributed by atoms with Crippen LogP contribution in [-0.2, 0) is 4.74 Å². The lowest BCUT2D eigenvalue weighted by Gasteiger charge is -2.09. The van der Waals surface area contributed by atoms with E-state index in [1.807, 2.05) is 66.1 Å². The van der Waals surface area contributed by atoms with Gasteiger partial charge in [0.05, 0.1) is 17.7 Å². The molecule has 0 amide bonds. The fraction of sp³-hybridized carbons (Fsp3) is 0.154. The van der Waals surface area contributed by atoms with Crippen molar-refractivity contribution in [3.63, 3.8) is 0 Å². The predicted molar refractivity (Wildman–Crippen MR) is 128 cm³/mol. The molecule has 0 aliphatic carbocycles. The van der Waals surface area contributed by atoms with Gasteiger partial charge in [0, 0.05) is 26.8 Å². The van der Waals surface area contributed by atoms with Crippen molar-refractivity contribution >= 4 is 38.6 Å². The Morgan fingerprint density at radius 1 is 0.969 bits per heavy atom. The van der Waals surface area contributed by atoms with Gasteiger partial charge >= 0.3 is 5.97 Å². The molecule has 4 aromatic rings. The number of hydrogen-bond donors (Lipinski definition) is 0. The second kappa shape index (κ2) is 9.40. The van der Waals surface area contributed by atoms with E-state index in [2.05, 4.69) is 15.9 Å². The van der Waals surface area contributed by atoms with Crippen molar-refractivity contribution in [2.24, 2.45) is 0 Å². The summed E-state index contributed by atoms with van der Waals surface area (Å²) >= 11 is 3.37. The molecule has 32 heavy (non-hydrogen) atoms. The van der Waals surface area contributed by atoms with E-state index in [9.17, 15) is 9.59 Å². The van der Waals surface area contributed by atoms with Gasteiger partial charge in [-0.05, 0) is 56.3 Å². The number of fused-ring (bicyclic) bond motifs is 1. The molecule has 0 saturated heterocycles. The van der Waals surface area contributed by atoms with Gasteiger partial charge in [-0.3, -0.25) is 4.79 Å². The van der Waals surface area contributed by atoms with Gasteiger partial charge < -0.3 is 14.0 Å². The van der Waals surface area contributed by atoms with Crippen molar-refractivity contribution in [2.45, 2.75) is 13.8 Å². The number of carbonyl (C=O) groups is 2. The zero-order chi connectivity index (χ0) is 22.7. The van der Waals surface area contributed by atoms with Gasteiger partial charge in [0.15, 0.2) is 12.4 Å². The van der Waals surface area contributed by atoms with Gasteiger partial charge in [-0.25, -0.2) is 4.79 Å². The molecule has 1 heterocycles. The molecule has 0 unspecified atom stereocenters. The average molecular weight is 492 g/mol. The number of carbonyl (C=O) groups excluding carboxylic acids is 2. The molecule has 0 aliphatic heterocycles. The Kier molecular flexibility index (Phi) is 6.42. The summed E-state index contributed by atoms with van der Waals surface area (Å²) in [6, 6.07) is 22.5. The van der Waals surface area contributed by atoms with Crippen molar-refractivity contribution in [3.8, 4) is 11.4 Å². The highest BCUT2D eigenvalue weighted by Gasteiger charge is 2.22. The summed E-state index contributed by atoms with van der Waals surface area (Å²) in [5, 5.41) is 0.721. The first-order valence-corrected chi connectivity index (χ1v) is 11.1. The van der Waals surface area contributed by atoms with Gasteiger partial charge in [0.25, 0.3) is 0 Å². The molecular formula is C26H22BrNO4. The highest BCUT2D eigenvalue weighted by molar-refractivity contribution is 9.10. The summed E-state index contributed by atoms with van der Waals surface area (Å²) < 4.78 is 14.0. The van der Waals surface area contributed by atoms with E-state index >= 15 is 0 Å². The predicted octanol–water partition coefficient (Wildman–Crippen LogP) is 6.14. The van der Waals surface area contributed by atoms with Crippen LogP contribution in [0.15, 0.2) is 77.3 Å². The highest BCUT2D eigenvalue weighted by atomic mass is 79.9. The molecule has 0 spiro atoms. The molecule has 162 valence electrons. The van der Waals surface area contributed by atoms with Crippen molar-refractivity contribution in [3.05, 3.63) is 94.1 Å². The standard InChI is InChI=1S/C26H22BrNO4/c1-3-31-26(30)25-17(2)28(20-7-5-4-6-8-20)23-14-13-21(15-22(23)25)32-16-24(29)18-9-11-19(27)12-10-18/h4-15H,3,16H2,1-2H3. The minimum absolute atomic E-state index is 0.0970. The smallest absolute Gasteiger partial charge is 0.340 e. The number of esters is 1. The average Bonchev–Trinajstić information content (AvgIpc) is 3.09. The molecule has 6 heteroatoms. The van der Waals surface area contributed by atoms with Crippen LogP contribution in [0.4, 0.5) is 0 Å². The Hall–Kier alpha value is -3.38. The molecule has 0 radical (unpaired) electrons. The molecule has 0 bridgehead atoms. The number of nitrogens with zero attached hydrogens (tertiary/aromatic N) is 1. The molecule has 0 atom stereocenters. The van der Waals surface area contributed by atoms with Gasteiger partial charge in [-0.2, -0.15) is 0 Å². The minimum Gasteiger partial charge on any atom is -0.485 e. The van der Waals surface area contributed by atoms with E-state index in [0.717, 1.165) is 26.8 Å². The van der Waals surface area contributed by atoms with Crippen LogP contribution in [0.5, 0.6) is 5.75 Å². The number of benzene rings is 3. The number of ether oxygens (including phenoxy) is 2. The number of rotatable bonds is 7. The fourth-order valence-electron chi connectivity index (χ4n) is 3.73. The van der Waals surface area contributed by atoms with Crippen LogP contribution in [-0.4, -0.2) is 29.5 Å². The maximum Gasteiger partial charge on any atom is 0.340 e. The van der Waals surface area contributed by atoms with Gasteiger partial charge in [0.2, 0.25) is 0 Å². The van der Waals surface area contributed by atoms with E-state index in [0.29, 0.717) is 16.9 Å². The third-order valence-electron chi connectivity index (χ3n) is 5.21. The Labute approximate surface area is 194 Å². The quantitative estimate of drug-likeness (QED) is 0.230. The first-order valence-electron chi connectivity index (χ1n) is 10.3. The zero-order valence-electron chi connectivity index (χ0n) is 17.8. The lowest BCUT2D eigenvalue weighted by atomic mass is 10.1. The monoisotopic (exact) mass is 491 g/mol. The summed E-state index contributed by atoms with van der Waals surface area (Å²) in [5.74, 6) is 0.00717. The van der Waals surface area contributed by atoms with Gasteiger partial charge in [-0.1, -0.05) is 46.3 Å². The second-order valence-electron chi connectivity index (χ2n) is 7.25. The summed E-state index contributed by atoms with van der Waals surface area (Å²) in [7, 11) is 0. The van der Waals surface area contributed by atoms with E-state index < -0.39 is 0 Å². The van der Waals surface area contributed by atoms with Crippen molar-refractivity contribution in [1.82, 2.24) is 4.57 Å². The van der Waals surface area contributed by atoms with Crippen molar-refractivity contribution < 1.29 is 19.1 Å². The molecule has 4 rings (SSSR count). The molecule has 1 aromatic heterocycles. The van der Waals surface area contributed by atoms with Crippen LogP contribution in [0.3, 0.4) is 0 Å². The molecule has 3 aromatic carbocycles. The third-order valence-corrected chi connectivity index (χ3v) is 5.73. The fourth-order valence-corrected chi connectivity index (χ4v) is 3.99. The van der Waals surface area contributed by atoms with Gasteiger partial charge in [-0.15, -0.1) is 0 Å². The lowest BCUT2D eigenvalue weighted by molar-refractivity contribution is 0.0527. The zero-order valence-corrected chi connectivity index (χ0v) is 19.4. The molecule has 5 nitrogen and oxygen atoms in total. The number of ketones is 1.